The lowest BCUT2D eigenvalue weighted by Gasteiger charge is -2.23. The molecule has 0 saturated carbocycles. The van der Waals surface area contributed by atoms with Crippen molar-refractivity contribution >= 4 is 28.2 Å². The van der Waals surface area contributed by atoms with E-state index in [2.05, 4.69) is 19.0 Å². The van der Waals surface area contributed by atoms with E-state index in [0.29, 0.717) is 12.5 Å². The Kier molecular flexibility index (Phi) is 7.97. The number of carboxylic acids is 1. The van der Waals surface area contributed by atoms with Gasteiger partial charge in [-0.1, -0.05) is 27.7 Å². The lowest BCUT2D eigenvalue weighted by molar-refractivity contribution is -0.314. The first kappa shape index (κ1) is 22.3. The van der Waals surface area contributed by atoms with Gasteiger partial charge in [0, 0.05) is 6.54 Å². The van der Waals surface area contributed by atoms with Crippen LogP contribution in [0, 0.1) is 11.8 Å². The molecule has 1 rings (SSSR count). The van der Waals surface area contributed by atoms with Crippen LogP contribution in [-0.4, -0.2) is 51.0 Å². The molecule has 0 radical (unpaired) electrons. The number of amides is 2. The summed E-state index contributed by atoms with van der Waals surface area (Å²) in [6.07, 6.45) is -3.04. The molecular weight excluding hydrogens is 368 g/mol. The summed E-state index contributed by atoms with van der Waals surface area (Å²) in [4.78, 5) is 35.6. The van der Waals surface area contributed by atoms with Crippen molar-refractivity contribution in [2.45, 2.75) is 58.8 Å². The average Bonchev–Trinajstić information content (AvgIpc) is 2.81. The lowest BCUT2D eigenvalue weighted by Crippen LogP contribution is -2.54. The Morgan fingerprint density at radius 2 is 1.62 bits per heavy atom. The average molecular weight is 393 g/mol. The fourth-order valence-electron chi connectivity index (χ4n) is 2.29. The van der Waals surface area contributed by atoms with Crippen LogP contribution in [0.15, 0.2) is 0 Å². The minimum atomic E-state index is -4.62. The quantitative estimate of drug-likeness (QED) is 0.478. The molecule has 1 fully saturated rings. The molecule has 1 aliphatic rings. The van der Waals surface area contributed by atoms with Crippen LogP contribution in [0.3, 0.4) is 0 Å². The van der Waals surface area contributed by atoms with Crippen molar-refractivity contribution in [2.24, 2.45) is 11.8 Å². The molecule has 2 amide bonds. The van der Waals surface area contributed by atoms with E-state index in [1.54, 1.807) is 0 Å². The molecule has 0 spiro atoms. The number of rotatable bonds is 9. The molecule has 0 bridgehead atoms. The Hall–Kier alpha value is -1.72. The normalized spacial score (nSPS) is 23.0. The third-order valence-electron chi connectivity index (χ3n) is 3.57. The summed E-state index contributed by atoms with van der Waals surface area (Å²) in [5.74, 6) is -3.01. The van der Waals surface area contributed by atoms with Crippen LogP contribution in [0.25, 0.3) is 0 Å². The van der Waals surface area contributed by atoms with Gasteiger partial charge < -0.3 is 20.5 Å². The van der Waals surface area contributed by atoms with Crippen molar-refractivity contribution in [3.8, 4) is 0 Å². The van der Waals surface area contributed by atoms with Crippen molar-refractivity contribution in [3.63, 3.8) is 0 Å². The molecule has 0 aromatic rings. The largest absolute Gasteiger partial charge is 0.547 e. The highest BCUT2D eigenvalue weighted by molar-refractivity contribution is 7.82. The second-order valence-electron chi connectivity index (χ2n) is 6.93. The number of carbonyl (C=O) groups excluding carboxylic acids is 3. The zero-order valence-electron chi connectivity index (χ0n) is 15.2. The van der Waals surface area contributed by atoms with E-state index in [1.807, 2.05) is 27.7 Å². The van der Waals surface area contributed by atoms with Crippen molar-refractivity contribution in [2.75, 3.05) is 6.54 Å². The molecule has 0 aliphatic carbocycles. The molecule has 1 aliphatic heterocycles. The molecule has 10 nitrogen and oxygen atoms in total. The third-order valence-corrected chi connectivity index (χ3v) is 4.46. The maximum absolute atomic E-state index is 12.3. The maximum atomic E-state index is 12.3. The molecule has 2 N–H and O–H groups in total. The predicted octanol–water partition coefficient (Wildman–Crippen LogP) is -1.54. The third kappa shape index (κ3) is 6.89. The first-order chi connectivity index (χ1) is 11.9. The summed E-state index contributed by atoms with van der Waals surface area (Å²) in [5, 5.41) is 16.0. The van der Waals surface area contributed by atoms with Crippen LogP contribution in [0.4, 0.5) is 0 Å². The van der Waals surface area contributed by atoms with Gasteiger partial charge in [-0.05, 0) is 24.7 Å². The van der Waals surface area contributed by atoms with Gasteiger partial charge in [0.05, 0.1) is 5.97 Å². The summed E-state index contributed by atoms with van der Waals surface area (Å²) in [7, 11) is -4.62. The summed E-state index contributed by atoms with van der Waals surface area (Å²) >= 11 is 0. The van der Waals surface area contributed by atoms with E-state index in [1.165, 1.54) is 0 Å². The van der Waals surface area contributed by atoms with Gasteiger partial charge in [0.15, 0.2) is 12.2 Å². The number of carboxylic acid groups (broad SMARTS) is 1. The SMILES string of the molecule is CC(C)CCNC(=O)[C@H](CC(C)C)NC(=O)[C@H]1OS(=O)(=O)O[C@@H]1C(=O)[O-]. The Labute approximate surface area is 152 Å². The van der Waals surface area contributed by atoms with Gasteiger partial charge in [-0.2, -0.15) is 8.42 Å². The minimum Gasteiger partial charge on any atom is -0.547 e. The standard InChI is InChI=1S/C15H26N2O8S/c1-8(2)5-6-16-13(18)10(7-9(3)4)17-14(19)11-12(15(20)21)25-26(22,23)24-11/h8-12H,5-7H2,1-4H3,(H,16,18)(H,17,19)(H,20,21)/p-1/t10-,11-,12-/m0/s1. The van der Waals surface area contributed by atoms with Gasteiger partial charge in [-0.25, -0.2) is 8.37 Å². The van der Waals surface area contributed by atoms with Crippen LogP contribution >= 0.6 is 0 Å². The monoisotopic (exact) mass is 393 g/mol. The zero-order valence-corrected chi connectivity index (χ0v) is 16.0. The Bertz CT molecular complexity index is 632. The number of hydrogen-bond acceptors (Lipinski definition) is 8. The highest BCUT2D eigenvalue weighted by Crippen LogP contribution is 2.21. The molecule has 1 saturated heterocycles. The second kappa shape index (κ2) is 9.28. The molecule has 11 heteroatoms. The second-order valence-corrected chi connectivity index (χ2v) is 8.13. The predicted molar refractivity (Wildman–Crippen MR) is 87.5 cm³/mol. The molecule has 0 aromatic heterocycles. The molecule has 150 valence electrons. The zero-order chi connectivity index (χ0) is 20.1. The molecule has 1 heterocycles. The van der Waals surface area contributed by atoms with E-state index >= 15 is 0 Å². The van der Waals surface area contributed by atoms with Crippen molar-refractivity contribution in [1.29, 1.82) is 0 Å². The van der Waals surface area contributed by atoms with E-state index in [4.69, 9.17) is 0 Å². The number of aliphatic carboxylic acids is 1. The molecular formula is C15H25N2O8S-. The van der Waals surface area contributed by atoms with E-state index < -0.39 is 46.4 Å². The molecule has 3 atom stereocenters. The van der Waals surface area contributed by atoms with E-state index in [-0.39, 0.29) is 12.3 Å². The van der Waals surface area contributed by atoms with Crippen molar-refractivity contribution in [3.05, 3.63) is 0 Å². The van der Waals surface area contributed by atoms with Crippen LogP contribution in [0.1, 0.15) is 40.5 Å². The van der Waals surface area contributed by atoms with Gasteiger partial charge in [-0.3, -0.25) is 9.59 Å². The van der Waals surface area contributed by atoms with Gasteiger partial charge in [0.1, 0.15) is 6.04 Å². The minimum absolute atomic E-state index is 0.0394. The van der Waals surface area contributed by atoms with Gasteiger partial charge in [-0.15, -0.1) is 0 Å². The first-order valence-corrected chi connectivity index (χ1v) is 9.66. The lowest BCUT2D eigenvalue weighted by atomic mass is 10.0. The number of carbonyl (C=O) groups is 3. The fraction of sp³-hybridized carbons (Fsp3) is 0.800. The van der Waals surface area contributed by atoms with Crippen LogP contribution in [0.2, 0.25) is 0 Å². The van der Waals surface area contributed by atoms with Crippen LogP contribution in [0.5, 0.6) is 0 Å². The molecule has 0 aromatic carbocycles. The van der Waals surface area contributed by atoms with Crippen LogP contribution in [-0.2, 0) is 33.1 Å². The maximum Gasteiger partial charge on any atom is 0.401 e. The number of nitrogens with one attached hydrogen (secondary N) is 2. The van der Waals surface area contributed by atoms with Gasteiger partial charge in [0.2, 0.25) is 5.91 Å². The summed E-state index contributed by atoms with van der Waals surface area (Å²) < 4.78 is 31.1. The first-order valence-electron chi connectivity index (χ1n) is 8.33. The van der Waals surface area contributed by atoms with E-state index in [9.17, 15) is 27.9 Å². The Morgan fingerprint density at radius 1 is 1.04 bits per heavy atom. The summed E-state index contributed by atoms with van der Waals surface area (Å²) in [5.41, 5.74) is 0. The van der Waals surface area contributed by atoms with Crippen LogP contribution < -0.4 is 15.7 Å². The Morgan fingerprint density at radius 3 is 2.12 bits per heavy atom. The van der Waals surface area contributed by atoms with Gasteiger partial charge in [0.25, 0.3) is 5.91 Å². The topological polar surface area (TPSA) is 151 Å². The highest BCUT2D eigenvalue weighted by atomic mass is 32.3. The van der Waals surface area contributed by atoms with Crippen molar-refractivity contribution in [1.82, 2.24) is 10.6 Å². The summed E-state index contributed by atoms with van der Waals surface area (Å²) in [6.45, 7) is 8.09. The van der Waals surface area contributed by atoms with Crippen molar-refractivity contribution < 1.29 is 36.3 Å². The summed E-state index contributed by atoms with van der Waals surface area (Å²) in [6, 6.07) is -0.969. The van der Waals surface area contributed by atoms with Gasteiger partial charge >= 0.3 is 10.4 Å². The highest BCUT2D eigenvalue weighted by Gasteiger charge is 2.46. The fourth-order valence-corrected chi connectivity index (χ4v) is 3.21. The van der Waals surface area contributed by atoms with E-state index in [0.717, 1.165) is 6.42 Å². The smallest absolute Gasteiger partial charge is 0.401 e. The molecule has 26 heavy (non-hydrogen) atoms. The molecule has 0 unspecified atom stereocenters. The number of hydrogen-bond donors (Lipinski definition) is 2. The Balaban J connectivity index is 2.81.